The third kappa shape index (κ3) is 4.09. The van der Waals surface area contributed by atoms with Crippen LogP contribution in [0.1, 0.15) is 21.7 Å². The molecule has 2 aromatic carbocycles. The number of hydrogen-bond acceptors (Lipinski definition) is 5. The fourth-order valence-corrected chi connectivity index (χ4v) is 3.29. The number of carbonyl (C=O) groups is 1. The van der Waals surface area contributed by atoms with E-state index in [1.54, 1.807) is 25.1 Å². The van der Waals surface area contributed by atoms with Crippen LogP contribution in [0.15, 0.2) is 64.0 Å². The summed E-state index contributed by atoms with van der Waals surface area (Å²) in [7, 11) is -3.73. The van der Waals surface area contributed by atoms with Gasteiger partial charge in [-0.25, -0.2) is 8.42 Å². The first-order valence-electron chi connectivity index (χ1n) is 7.78. The van der Waals surface area contributed by atoms with Gasteiger partial charge in [0.25, 0.3) is 15.9 Å². The minimum atomic E-state index is -3.73. The molecule has 0 atom stereocenters. The van der Waals surface area contributed by atoms with Crippen LogP contribution in [0.3, 0.4) is 0 Å². The zero-order chi connectivity index (χ0) is 18.7. The van der Waals surface area contributed by atoms with E-state index in [1.807, 2.05) is 19.1 Å². The molecule has 2 N–H and O–H groups in total. The van der Waals surface area contributed by atoms with Gasteiger partial charge in [-0.05, 0) is 50.2 Å². The van der Waals surface area contributed by atoms with Crippen molar-refractivity contribution in [2.45, 2.75) is 18.7 Å². The van der Waals surface area contributed by atoms with Crippen LogP contribution in [0.4, 0.5) is 11.5 Å². The second-order valence-electron chi connectivity index (χ2n) is 5.77. The average molecular weight is 371 g/mol. The van der Waals surface area contributed by atoms with Crippen molar-refractivity contribution in [2.75, 3.05) is 10.0 Å². The number of hydrogen-bond donors (Lipinski definition) is 2. The SMILES string of the molecule is Cc1ccc(NS(=O)(=O)c2ccc(C(=O)Nc3cc(C)on3)cc2)cc1. The molecular formula is C18H17N3O4S. The quantitative estimate of drug-likeness (QED) is 0.716. The maximum Gasteiger partial charge on any atom is 0.261 e. The summed E-state index contributed by atoms with van der Waals surface area (Å²) in [6.07, 6.45) is 0. The molecule has 0 bridgehead atoms. The fourth-order valence-electron chi connectivity index (χ4n) is 2.23. The molecule has 0 aliphatic heterocycles. The van der Waals surface area contributed by atoms with E-state index in [-0.39, 0.29) is 4.90 Å². The van der Waals surface area contributed by atoms with Gasteiger partial charge < -0.3 is 9.84 Å². The molecule has 0 aliphatic rings. The van der Waals surface area contributed by atoms with E-state index in [0.29, 0.717) is 22.8 Å². The van der Waals surface area contributed by atoms with Crippen molar-refractivity contribution < 1.29 is 17.7 Å². The van der Waals surface area contributed by atoms with Gasteiger partial charge in [0.2, 0.25) is 0 Å². The Morgan fingerprint density at radius 3 is 2.23 bits per heavy atom. The number of nitrogens with one attached hydrogen (secondary N) is 2. The van der Waals surface area contributed by atoms with Crippen molar-refractivity contribution in [1.29, 1.82) is 0 Å². The second-order valence-corrected chi connectivity index (χ2v) is 7.46. The van der Waals surface area contributed by atoms with Crippen LogP contribution in [-0.4, -0.2) is 19.5 Å². The third-order valence-electron chi connectivity index (χ3n) is 3.60. The molecule has 0 unspecified atom stereocenters. The van der Waals surface area contributed by atoms with Crippen LogP contribution >= 0.6 is 0 Å². The van der Waals surface area contributed by atoms with Crippen LogP contribution in [0, 0.1) is 13.8 Å². The Kier molecular flexibility index (Phi) is 4.77. The van der Waals surface area contributed by atoms with Crippen molar-refractivity contribution >= 4 is 27.4 Å². The minimum Gasteiger partial charge on any atom is -0.360 e. The topological polar surface area (TPSA) is 101 Å². The average Bonchev–Trinajstić information content (AvgIpc) is 3.02. The third-order valence-corrected chi connectivity index (χ3v) is 5.00. The number of amides is 1. The van der Waals surface area contributed by atoms with Gasteiger partial charge in [-0.15, -0.1) is 0 Å². The molecule has 0 saturated carbocycles. The molecule has 0 radical (unpaired) electrons. The highest BCUT2D eigenvalue weighted by atomic mass is 32.2. The molecule has 0 fully saturated rings. The molecule has 0 aliphatic carbocycles. The highest BCUT2D eigenvalue weighted by molar-refractivity contribution is 7.92. The van der Waals surface area contributed by atoms with Crippen molar-refractivity contribution in [2.24, 2.45) is 0 Å². The number of anilines is 2. The molecule has 1 aromatic heterocycles. The Morgan fingerprint density at radius 2 is 1.65 bits per heavy atom. The van der Waals surface area contributed by atoms with Gasteiger partial charge in [-0.1, -0.05) is 22.9 Å². The normalized spacial score (nSPS) is 11.2. The first kappa shape index (κ1) is 17.7. The van der Waals surface area contributed by atoms with E-state index >= 15 is 0 Å². The summed E-state index contributed by atoms with van der Waals surface area (Å²) >= 11 is 0. The Bertz CT molecular complexity index is 1020. The van der Waals surface area contributed by atoms with Gasteiger partial charge in [0, 0.05) is 17.3 Å². The summed E-state index contributed by atoms with van der Waals surface area (Å²) in [5.74, 6) is 0.461. The van der Waals surface area contributed by atoms with Crippen LogP contribution in [0.25, 0.3) is 0 Å². The number of nitrogens with zero attached hydrogens (tertiary/aromatic N) is 1. The van der Waals surface area contributed by atoms with Gasteiger partial charge in [0.1, 0.15) is 5.76 Å². The summed E-state index contributed by atoms with van der Waals surface area (Å²) in [5.41, 5.74) is 1.81. The highest BCUT2D eigenvalue weighted by Crippen LogP contribution is 2.18. The number of carbonyl (C=O) groups excluding carboxylic acids is 1. The minimum absolute atomic E-state index is 0.0619. The Morgan fingerprint density at radius 1 is 1.00 bits per heavy atom. The van der Waals surface area contributed by atoms with Crippen LogP contribution in [-0.2, 0) is 10.0 Å². The van der Waals surface area contributed by atoms with Crippen molar-refractivity contribution in [1.82, 2.24) is 5.16 Å². The number of sulfonamides is 1. The monoisotopic (exact) mass is 371 g/mol. The molecule has 1 heterocycles. The van der Waals surface area contributed by atoms with Gasteiger partial charge in [0.15, 0.2) is 5.82 Å². The standard InChI is InChI=1S/C18H17N3O4S/c1-12-3-7-15(8-4-12)21-26(23,24)16-9-5-14(6-10-16)18(22)19-17-11-13(2)25-20-17/h3-11,21H,1-2H3,(H,19,20,22). The number of aryl methyl sites for hydroxylation is 2. The van der Waals surface area contributed by atoms with Gasteiger partial charge >= 0.3 is 0 Å². The maximum absolute atomic E-state index is 12.4. The van der Waals surface area contributed by atoms with Crippen LogP contribution in [0.5, 0.6) is 0 Å². The largest absolute Gasteiger partial charge is 0.360 e. The molecule has 7 nitrogen and oxygen atoms in total. The van der Waals surface area contributed by atoms with E-state index < -0.39 is 15.9 Å². The van der Waals surface area contributed by atoms with Gasteiger partial charge in [-0.3, -0.25) is 9.52 Å². The van der Waals surface area contributed by atoms with E-state index in [4.69, 9.17) is 4.52 Å². The number of aromatic nitrogens is 1. The summed E-state index contributed by atoms with van der Waals surface area (Å²) < 4.78 is 32.2. The second kappa shape index (κ2) is 7.01. The first-order valence-corrected chi connectivity index (χ1v) is 9.26. The predicted molar refractivity (Wildman–Crippen MR) is 97.6 cm³/mol. The molecule has 8 heteroatoms. The maximum atomic E-state index is 12.4. The van der Waals surface area contributed by atoms with Crippen molar-refractivity contribution in [3.05, 3.63) is 71.5 Å². The lowest BCUT2D eigenvalue weighted by molar-refractivity contribution is 0.102. The van der Waals surface area contributed by atoms with Crippen molar-refractivity contribution in [3.8, 4) is 0 Å². The number of rotatable bonds is 5. The predicted octanol–water partition coefficient (Wildman–Crippen LogP) is 3.34. The summed E-state index contributed by atoms with van der Waals surface area (Å²) in [6, 6.07) is 14.2. The molecule has 3 rings (SSSR count). The van der Waals surface area contributed by atoms with Crippen LogP contribution < -0.4 is 10.0 Å². The fraction of sp³-hybridized carbons (Fsp3) is 0.111. The summed E-state index contributed by atoms with van der Waals surface area (Å²) in [4.78, 5) is 12.2. The van der Waals surface area contributed by atoms with E-state index in [0.717, 1.165) is 5.56 Å². The number of benzene rings is 2. The van der Waals surface area contributed by atoms with Gasteiger partial charge in [-0.2, -0.15) is 0 Å². The summed E-state index contributed by atoms with van der Waals surface area (Å²) in [5, 5.41) is 6.25. The zero-order valence-electron chi connectivity index (χ0n) is 14.2. The molecule has 26 heavy (non-hydrogen) atoms. The molecule has 3 aromatic rings. The van der Waals surface area contributed by atoms with E-state index in [2.05, 4.69) is 15.2 Å². The van der Waals surface area contributed by atoms with E-state index in [9.17, 15) is 13.2 Å². The lowest BCUT2D eigenvalue weighted by Gasteiger charge is -2.09. The molecule has 134 valence electrons. The highest BCUT2D eigenvalue weighted by Gasteiger charge is 2.16. The molecular weight excluding hydrogens is 354 g/mol. The first-order chi connectivity index (χ1) is 12.3. The Hall–Kier alpha value is -3.13. The lowest BCUT2D eigenvalue weighted by atomic mass is 10.2. The van der Waals surface area contributed by atoms with Crippen molar-refractivity contribution in [3.63, 3.8) is 0 Å². The summed E-state index contributed by atoms with van der Waals surface area (Å²) in [6.45, 7) is 3.63. The molecule has 0 saturated heterocycles. The molecule has 1 amide bonds. The smallest absolute Gasteiger partial charge is 0.261 e. The van der Waals surface area contributed by atoms with Gasteiger partial charge in [0.05, 0.1) is 4.90 Å². The Labute approximate surface area is 151 Å². The van der Waals surface area contributed by atoms with Crippen LogP contribution in [0.2, 0.25) is 0 Å². The van der Waals surface area contributed by atoms with E-state index in [1.165, 1.54) is 24.3 Å². The Balaban J connectivity index is 1.73. The zero-order valence-corrected chi connectivity index (χ0v) is 15.0. The lowest BCUT2D eigenvalue weighted by Crippen LogP contribution is -2.15. The molecule has 0 spiro atoms.